The van der Waals surface area contributed by atoms with Gasteiger partial charge >= 0.3 is 0 Å². The molecule has 0 aromatic heterocycles. The van der Waals surface area contributed by atoms with Gasteiger partial charge in [0.05, 0.1) is 31.2 Å². The van der Waals surface area contributed by atoms with Gasteiger partial charge in [-0.3, -0.25) is 9.59 Å². The Morgan fingerprint density at radius 3 is 1.00 bits per heavy atom. The van der Waals surface area contributed by atoms with Gasteiger partial charge < -0.3 is 0 Å². The van der Waals surface area contributed by atoms with Crippen LogP contribution >= 0.6 is 46.4 Å². The smallest absolute Gasteiger partial charge is 0.162 e. The van der Waals surface area contributed by atoms with Crippen molar-refractivity contribution in [3.05, 3.63) is 31.2 Å². The number of hydrogen-bond donors (Lipinski definition) is 0. The summed E-state index contributed by atoms with van der Waals surface area (Å²) >= 11 is 23.5. The molecule has 0 aliphatic carbocycles. The summed E-state index contributed by atoms with van der Waals surface area (Å²) in [5.74, 6) is -0.734. The van der Waals surface area contributed by atoms with Crippen LogP contribution in [0.1, 0.15) is 34.6 Å². The molecule has 0 saturated heterocycles. The van der Waals surface area contributed by atoms with Crippen LogP contribution in [-0.4, -0.2) is 11.6 Å². The quantitative estimate of drug-likeness (QED) is 0.585. The molecule has 1 aromatic rings. The molecule has 0 saturated carbocycles. The lowest BCUT2D eigenvalue weighted by atomic mass is 10.1. The minimum atomic E-state index is -0.367. The lowest BCUT2D eigenvalue weighted by molar-refractivity contribution is 0.100. The number of ketones is 2. The van der Waals surface area contributed by atoms with Crippen LogP contribution in [0.4, 0.5) is 0 Å². The van der Waals surface area contributed by atoms with Gasteiger partial charge in [0.2, 0.25) is 0 Å². The zero-order chi connectivity index (χ0) is 12.6. The molecule has 0 radical (unpaired) electrons. The molecule has 0 aliphatic rings. The largest absolute Gasteiger partial charge is 0.294 e. The van der Waals surface area contributed by atoms with Gasteiger partial charge in [-0.15, -0.1) is 0 Å². The lowest BCUT2D eigenvalue weighted by Gasteiger charge is -2.11. The van der Waals surface area contributed by atoms with E-state index in [1.54, 1.807) is 0 Å². The summed E-state index contributed by atoms with van der Waals surface area (Å²) in [4.78, 5) is 22.6. The summed E-state index contributed by atoms with van der Waals surface area (Å²) < 4.78 is 0. The Labute approximate surface area is 112 Å². The fourth-order valence-electron chi connectivity index (χ4n) is 1.25. The highest BCUT2D eigenvalue weighted by molar-refractivity contribution is 6.52. The summed E-state index contributed by atoms with van der Waals surface area (Å²) in [6.45, 7) is 2.57. The van der Waals surface area contributed by atoms with Crippen molar-refractivity contribution in [1.82, 2.24) is 0 Å². The first-order valence-electron chi connectivity index (χ1n) is 4.16. The standard InChI is InChI=1S/C10H6Cl4O2/c1-3(15)5-7(11)9(13)6(4(2)16)10(14)8(5)12/h1-2H3. The molecular formula is C10H6Cl4O2. The van der Waals surface area contributed by atoms with Crippen molar-refractivity contribution in [2.75, 3.05) is 0 Å². The maximum Gasteiger partial charge on any atom is 0.162 e. The van der Waals surface area contributed by atoms with Crippen molar-refractivity contribution in [2.24, 2.45) is 0 Å². The molecule has 0 unspecified atom stereocenters. The first-order valence-corrected chi connectivity index (χ1v) is 5.68. The first-order chi connectivity index (χ1) is 7.29. The number of benzene rings is 1. The van der Waals surface area contributed by atoms with Crippen molar-refractivity contribution < 1.29 is 9.59 Å². The maximum absolute atomic E-state index is 11.3. The summed E-state index contributed by atoms with van der Waals surface area (Å²) in [5.41, 5.74) is 0.0617. The van der Waals surface area contributed by atoms with Crippen molar-refractivity contribution >= 4 is 58.0 Å². The van der Waals surface area contributed by atoms with Gasteiger partial charge in [-0.1, -0.05) is 46.4 Å². The molecule has 86 valence electrons. The fraction of sp³-hybridized carbons (Fsp3) is 0.200. The van der Waals surface area contributed by atoms with E-state index in [-0.39, 0.29) is 42.8 Å². The van der Waals surface area contributed by atoms with E-state index in [1.807, 2.05) is 0 Å². The van der Waals surface area contributed by atoms with Crippen LogP contribution in [0.25, 0.3) is 0 Å². The van der Waals surface area contributed by atoms with Crippen LogP contribution in [0.15, 0.2) is 0 Å². The number of hydrogen-bond acceptors (Lipinski definition) is 2. The first kappa shape index (κ1) is 13.8. The van der Waals surface area contributed by atoms with E-state index in [1.165, 1.54) is 13.8 Å². The molecule has 0 fully saturated rings. The predicted molar refractivity (Wildman–Crippen MR) is 66.5 cm³/mol. The Hall–Kier alpha value is -0.280. The average Bonchev–Trinajstić information content (AvgIpc) is 2.14. The normalized spacial score (nSPS) is 10.4. The predicted octanol–water partition coefficient (Wildman–Crippen LogP) is 4.71. The second-order valence-corrected chi connectivity index (χ2v) is 4.63. The molecule has 2 nitrogen and oxygen atoms in total. The number of Topliss-reactive ketones (excluding diaryl/α,β-unsaturated/α-hetero) is 2. The van der Waals surface area contributed by atoms with Crippen molar-refractivity contribution in [3.8, 4) is 0 Å². The van der Waals surface area contributed by atoms with Crippen molar-refractivity contribution in [1.29, 1.82) is 0 Å². The molecule has 0 N–H and O–H groups in total. The van der Waals surface area contributed by atoms with Crippen LogP contribution in [-0.2, 0) is 0 Å². The molecule has 0 amide bonds. The Balaban J connectivity index is 3.77. The molecule has 0 bridgehead atoms. The Morgan fingerprint density at radius 2 is 0.875 bits per heavy atom. The number of halogens is 4. The van der Waals surface area contributed by atoms with Gasteiger partial charge in [0.15, 0.2) is 11.6 Å². The molecule has 1 aromatic carbocycles. The SMILES string of the molecule is CC(=O)c1c(Cl)c(Cl)c(C(C)=O)c(Cl)c1Cl. The molecule has 1 rings (SSSR count). The van der Waals surface area contributed by atoms with Gasteiger partial charge in [0.25, 0.3) is 0 Å². The number of rotatable bonds is 2. The highest BCUT2D eigenvalue weighted by Gasteiger charge is 2.24. The van der Waals surface area contributed by atoms with Gasteiger partial charge in [-0.25, -0.2) is 0 Å². The molecular weight excluding hydrogens is 294 g/mol. The van der Waals surface area contributed by atoms with E-state index >= 15 is 0 Å². The van der Waals surface area contributed by atoms with E-state index in [4.69, 9.17) is 46.4 Å². The van der Waals surface area contributed by atoms with Crippen molar-refractivity contribution in [2.45, 2.75) is 13.8 Å². The lowest BCUT2D eigenvalue weighted by Crippen LogP contribution is -2.03. The van der Waals surface area contributed by atoms with Gasteiger partial charge in [-0.2, -0.15) is 0 Å². The van der Waals surface area contributed by atoms with Gasteiger partial charge in [0, 0.05) is 0 Å². The Bertz CT molecular complexity index is 420. The van der Waals surface area contributed by atoms with E-state index in [0.717, 1.165) is 0 Å². The Morgan fingerprint density at radius 1 is 0.688 bits per heavy atom. The number of carbonyl (C=O) groups excluding carboxylic acids is 2. The van der Waals surface area contributed by atoms with E-state index < -0.39 is 0 Å². The third kappa shape index (κ3) is 2.21. The topological polar surface area (TPSA) is 34.1 Å². The van der Waals surface area contributed by atoms with Gasteiger partial charge in [0.1, 0.15) is 0 Å². The van der Waals surface area contributed by atoms with E-state index in [9.17, 15) is 9.59 Å². The molecule has 0 heterocycles. The summed E-state index contributed by atoms with van der Waals surface area (Å²) in [6, 6.07) is 0. The van der Waals surface area contributed by atoms with Crippen molar-refractivity contribution in [3.63, 3.8) is 0 Å². The van der Waals surface area contributed by atoms with E-state index in [0.29, 0.717) is 0 Å². The van der Waals surface area contributed by atoms with Crippen LogP contribution in [0.3, 0.4) is 0 Å². The molecule has 0 spiro atoms. The monoisotopic (exact) mass is 298 g/mol. The maximum atomic E-state index is 11.3. The second-order valence-electron chi connectivity index (χ2n) is 3.12. The number of carbonyl (C=O) groups is 2. The zero-order valence-corrected chi connectivity index (χ0v) is 11.4. The summed E-state index contributed by atoms with van der Waals surface area (Å²) in [7, 11) is 0. The molecule has 0 aliphatic heterocycles. The van der Waals surface area contributed by atoms with Gasteiger partial charge in [-0.05, 0) is 13.8 Å². The Kier molecular flexibility index (Phi) is 4.24. The van der Waals surface area contributed by atoms with Crippen LogP contribution in [0, 0.1) is 0 Å². The average molecular weight is 300 g/mol. The third-order valence-electron chi connectivity index (χ3n) is 1.97. The highest BCUT2D eigenvalue weighted by atomic mass is 35.5. The fourth-order valence-corrected chi connectivity index (χ4v) is 2.63. The molecule has 6 heteroatoms. The van der Waals surface area contributed by atoms with Crippen LogP contribution < -0.4 is 0 Å². The van der Waals surface area contributed by atoms with E-state index in [2.05, 4.69) is 0 Å². The second kappa shape index (κ2) is 4.92. The minimum Gasteiger partial charge on any atom is -0.294 e. The highest BCUT2D eigenvalue weighted by Crippen LogP contribution is 2.41. The third-order valence-corrected chi connectivity index (χ3v) is 3.67. The molecule has 16 heavy (non-hydrogen) atoms. The zero-order valence-electron chi connectivity index (χ0n) is 8.33. The summed E-state index contributed by atoms with van der Waals surface area (Å²) in [6.07, 6.45) is 0. The minimum absolute atomic E-state index is 0.0309. The molecule has 0 atom stereocenters. The summed E-state index contributed by atoms with van der Waals surface area (Å²) in [5, 5.41) is -0.190. The van der Waals surface area contributed by atoms with Crippen LogP contribution in [0.5, 0.6) is 0 Å². The van der Waals surface area contributed by atoms with Crippen LogP contribution in [0.2, 0.25) is 20.1 Å².